The van der Waals surface area contributed by atoms with Crippen molar-refractivity contribution in [3.63, 3.8) is 0 Å². The third kappa shape index (κ3) is 3.38. The Bertz CT molecular complexity index is 1320. The van der Waals surface area contributed by atoms with E-state index in [9.17, 15) is 14.4 Å². The van der Waals surface area contributed by atoms with E-state index >= 15 is 0 Å². The molecule has 2 aliphatic heterocycles. The number of para-hydroxylation sites is 2. The van der Waals surface area contributed by atoms with Gasteiger partial charge in [0.25, 0.3) is 5.91 Å². The normalized spacial score (nSPS) is 22.9. The fourth-order valence-electron chi connectivity index (χ4n) is 5.58. The van der Waals surface area contributed by atoms with Crippen LogP contribution in [0.1, 0.15) is 35.6 Å². The number of hydrogen-bond acceptors (Lipinski definition) is 4. The highest BCUT2D eigenvalue weighted by molar-refractivity contribution is 6.11. The maximum absolute atomic E-state index is 13.8. The average molecular weight is 468 g/mol. The lowest BCUT2D eigenvalue weighted by Gasteiger charge is -2.38. The molecule has 3 aromatic carbocycles. The van der Waals surface area contributed by atoms with Gasteiger partial charge in [0.2, 0.25) is 5.91 Å². The highest BCUT2D eigenvalue weighted by Crippen LogP contribution is 2.42. The van der Waals surface area contributed by atoms with Crippen LogP contribution in [0, 0.1) is 0 Å². The first-order valence-electron chi connectivity index (χ1n) is 11.9. The van der Waals surface area contributed by atoms with E-state index in [1.807, 2.05) is 78.9 Å². The largest absolute Gasteiger partial charge is 0.489 e. The molecule has 1 aliphatic carbocycles. The van der Waals surface area contributed by atoms with Crippen LogP contribution in [0.5, 0.6) is 5.75 Å². The number of rotatable bonds is 3. The van der Waals surface area contributed by atoms with Crippen molar-refractivity contribution in [1.82, 2.24) is 10.2 Å². The van der Waals surface area contributed by atoms with E-state index in [1.165, 1.54) is 0 Å². The van der Waals surface area contributed by atoms with Crippen molar-refractivity contribution in [2.45, 2.75) is 30.8 Å². The van der Waals surface area contributed by atoms with Gasteiger partial charge in [-0.1, -0.05) is 66.7 Å². The van der Waals surface area contributed by atoms with E-state index in [0.29, 0.717) is 17.9 Å². The minimum atomic E-state index is -1.10. The number of nitrogens with one attached hydrogen (secondary N) is 1. The summed E-state index contributed by atoms with van der Waals surface area (Å²) in [4.78, 5) is 43.3. The molecule has 0 unspecified atom stereocenters. The van der Waals surface area contributed by atoms with Gasteiger partial charge >= 0.3 is 6.03 Å². The number of ether oxygens (including phenoxy) is 1. The van der Waals surface area contributed by atoms with E-state index in [2.05, 4.69) is 5.32 Å². The summed E-state index contributed by atoms with van der Waals surface area (Å²) < 4.78 is 5.96. The number of urea groups is 1. The van der Waals surface area contributed by atoms with Crippen LogP contribution in [-0.2, 0) is 21.5 Å². The molecule has 7 heteroatoms. The number of fused-ring (bicyclic) bond motifs is 3. The van der Waals surface area contributed by atoms with Crippen molar-refractivity contribution in [3.05, 3.63) is 95.6 Å². The SMILES string of the molecule is O=C1N[C@@]2(CCCc3ccccc32)C(=O)N1CC(=O)N1c2ccccc2OC[C@@H]1c1ccccc1. The Labute approximate surface area is 203 Å². The minimum absolute atomic E-state index is 0.282. The first-order chi connectivity index (χ1) is 17.1. The summed E-state index contributed by atoms with van der Waals surface area (Å²) in [5.74, 6) is -0.0945. The van der Waals surface area contributed by atoms with Gasteiger partial charge in [0.15, 0.2) is 0 Å². The molecule has 0 radical (unpaired) electrons. The monoisotopic (exact) mass is 467 g/mol. The Kier molecular flexibility index (Phi) is 5.06. The number of carbonyl (C=O) groups is 3. The van der Waals surface area contributed by atoms with Crippen molar-refractivity contribution in [2.75, 3.05) is 18.1 Å². The molecule has 7 nitrogen and oxygen atoms in total. The molecule has 1 fully saturated rings. The van der Waals surface area contributed by atoms with E-state index < -0.39 is 11.6 Å². The summed E-state index contributed by atoms with van der Waals surface area (Å²) in [5.41, 5.74) is 2.34. The summed E-state index contributed by atoms with van der Waals surface area (Å²) in [6.45, 7) is -0.0591. The van der Waals surface area contributed by atoms with Crippen LogP contribution in [-0.4, -0.2) is 35.9 Å². The number of anilines is 1. The molecule has 2 atom stereocenters. The maximum atomic E-state index is 13.8. The molecule has 2 heterocycles. The molecule has 1 saturated heterocycles. The van der Waals surface area contributed by atoms with Gasteiger partial charge in [-0.3, -0.25) is 19.4 Å². The van der Waals surface area contributed by atoms with E-state index in [1.54, 1.807) is 4.90 Å². The van der Waals surface area contributed by atoms with Crippen LogP contribution in [0.4, 0.5) is 10.5 Å². The number of amides is 4. The fourth-order valence-corrected chi connectivity index (χ4v) is 5.58. The molecule has 0 bridgehead atoms. The number of aryl methyl sites for hydroxylation is 1. The molecular weight excluding hydrogens is 442 g/mol. The van der Waals surface area contributed by atoms with Crippen molar-refractivity contribution in [2.24, 2.45) is 0 Å². The number of benzene rings is 3. The molecule has 1 spiro atoms. The highest BCUT2D eigenvalue weighted by Gasteiger charge is 2.54. The third-order valence-corrected chi connectivity index (χ3v) is 7.23. The third-order valence-electron chi connectivity index (χ3n) is 7.23. The molecule has 0 aromatic heterocycles. The van der Waals surface area contributed by atoms with Gasteiger partial charge in [-0.05, 0) is 48.1 Å². The quantitative estimate of drug-likeness (QED) is 0.592. The Morgan fingerprint density at radius 3 is 2.57 bits per heavy atom. The molecule has 176 valence electrons. The minimum Gasteiger partial charge on any atom is -0.489 e. The van der Waals surface area contributed by atoms with Gasteiger partial charge in [0.1, 0.15) is 24.4 Å². The fraction of sp³-hybridized carbons (Fsp3) is 0.250. The summed E-state index contributed by atoms with van der Waals surface area (Å²) in [6.07, 6.45) is 2.17. The lowest BCUT2D eigenvalue weighted by molar-refractivity contribution is -0.135. The van der Waals surface area contributed by atoms with Gasteiger partial charge in [-0.25, -0.2) is 4.79 Å². The van der Waals surface area contributed by atoms with Crippen molar-refractivity contribution >= 4 is 23.5 Å². The summed E-state index contributed by atoms with van der Waals surface area (Å²) >= 11 is 0. The van der Waals surface area contributed by atoms with Gasteiger partial charge in [0.05, 0.1) is 11.7 Å². The van der Waals surface area contributed by atoms with Gasteiger partial charge in [0, 0.05) is 0 Å². The molecular formula is C28H25N3O4. The summed E-state index contributed by atoms with van der Waals surface area (Å²) in [6, 6.07) is 23.8. The second-order valence-electron chi connectivity index (χ2n) is 9.21. The van der Waals surface area contributed by atoms with Crippen LogP contribution >= 0.6 is 0 Å². The van der Waals surface area contributed by atoms with Crippen molar-refractivity contribution < 1.29 is 19.1 Å². The van der Waals surface area contributed by atoms with Crippen LogP contribution in [0.3, 0.4) is 0 Å². The topological polar surface area (TPSA) is 79.0 Å². The van der Waals surface area contributed by atoms with Crippen LogP contribution in [0.2, 0.25) is 0 Å². The van der Waals surface area contributed by atoms with Gasteiger partial charge < -0.3 is 10.1 Å². The van der Waals surface area contributed by atoms with E-state index in [4.69, 9.17) is 4.74 Å². The number of nitrogens with zero attached hydrogens (tertiary/aromatic N) is 2. The maximum Gasteiger partial charge on any atom is 0.325 e. The van der Waals surface area contributed by atoms with Gasteiger partial charge in [-0.15, -0.1) is 0 Å². The van der Waals surface area contributed by atoms with Gasteiger partial charge in [-0.2, -0.15) is 0 Å². The summed E-state index contributed by atoms with van der Waals surface area (Å²) in [7, 11) is 0. The first-order valence-corrected chi connectivity index (χ1v) is 11.9. The number of carbonyl (C=O) groups excluding carboxylic acids is 3. The van der Waals surface area contributed by atoms with E-state index in [0.717, 1.165) is 34.4 Å². The number of hydrogen-bond donors (Lipinski definition) is 1. The Hall–Kier alpha value is -4.13. The zero-order chi connectivity index (χ0) is 24.0. The molecule has 6 rings (SSSR count). The molecule has 35 heavy (non-hydrogen) atoms. The molecule has 0 saturated carbocycles. The highest BCUT2D eigenvalue weighted by atomic mass is 16.5. The second kappa shape index (κ2) is 8.27. The predicted octanol–water partition coefficient (Wildman–Crippen LogP) is 3.94. The first kappa shape index (κ1) is 21.4. The summed E-state index contributed by atoms with van der Waals surface area (Å²) in [5, 5.41) is 2.94. The second-order valence-corrected chi connectivity index (χ2v) is 9.21. The van der Waals surface area contributed by atoms with E-state index in [-0.39, 0.29) is 31.0 Å². The molecule has 4 amide bonds. The van der Waals surface area contributed by atoms with Crippen molar-refractivity contribution in [3.8, 4) is 5.75 Å². The predicted molar refractivity (Wildman–Crippen MR) is 130 cm³/mol. The van der Waals surface area contributed by atoms with Crippen molar-refractivity contribution in [1.29, 1.82) is 0 Å². The molecule has 3 aliphatic rings. The lowest BCUT2D eigenvalue weighted by atomic mass is 9.76. The van der Waals surface area contributed by atoms with Crippen LogP contribution in [0.15, 0.2) is 78.9 Å². The molecule has 1 N–H and O–H groups in total. The van der Waals surface area contributed by atoms with Crippen LogP contribution < -0.4 is 15.0 Å². The smallest absolute Gasteiger partial charge is 0.325 e. The number of imide groups is 1. The molecule has 3 aromatic rings. The Morgan fingerprint density at radius 2 is 1.71 bits per heavy atom. The average Bonchev–Trinajstić information content (AvgIpc) is 3.13. The Balaban J connectivity index is 1.33. The zero-order valence-corrected chi connectivity index (χ0v) is 19.1. The zero-order valence-electron chi connectivity index (χ0n) is 19.1. The van der Waals surface area contributed by atoms with Crippen LogP contribution in [0.25, 0.3) is 0 Å². The Morgan fingerprint density at radius 1 is 0.971 bits per heavy atom. The standard InChI is InChI=1S/C28H25N3O4/c32-25(31-22-14-6-7-15-24(22)35-18-23(31)20-10-2-1-3-11-20)17-30-26(33)28(29-27(30)34)16-8-12-19-9-4-5-13-21(19)28/h1-7,9-11,13-15,23H,8,12,16-18H2,(H,29,34)/t23-,28-/m1/s1. The lowest BCUT2D eigenvalue weighted by Crippen LogP contribution is -2.49.